The van der Waals surface area contributed by atoms with E-state index in [0.717, 1.165) is 72.5 Å². The average molecular weight is 931 g/mol. The fraction of sp³-hybridized carbons (Fsp3) is 0. The normalized spacial score (nSPS) is 11.6. The summed E-state index contributed by atoms with van der Waals surface area (Å²) in [6.07, 6.45) is 0. The third kappa shape index (κ3) is 7.63. The zero-order valence-electron chi connectivity index (χ0n) is 39.9. The molecule has 0 aliphatic carbocycles. The number of rotatable bonds is 9. The highest BCUT2D eigenvalue weighted by Crippen LogP contribution is 2.40. The second-order valence-corrected chi connectivity index (χ2v) is 18.9. The molecule has 0 radical (unpaired) electrons. The number of aromatic nitrogens is 1. The molecule has 3 heteroatoms. The third-order valence-electron chi connectivity index (χ3n) is 14.6. The zero-order chi connectivity index (χ0) is 48.2. The van der Waals surface area contributed by atoms with Crippen molar-refractivity contribution >= 4 is 71.6 Å². The van der Waals surface area contributed by atoms with Crippen molar-refractivity contribution in [1.29, 1.82) is 0 Å². The number of hydrogen-bond acceptors (Lipinski definition) is 2. The molecule has 14 aromatic rings. The monoisotopic (exact) mass is 930 g/mol. The Balaban J connectivity index is 0.771. The van der Waals surface area contributed by atoms with E-state index in [0.29, 0.717) is 0 Å². The van der Waals surface area contributed by atoms with Gasteiger partial charge in [0.15, 0.2) is 0 Å². The lowest BCUT2D eigenvalue weighted by molar-refractivity contribution is 0.669. The second kappa shape index (κ2) is 17.6. The van der Waals surface area contributed by atoms with Crippen LogP contribution in [0.2, 0.25) is 0 Å². The molecule has 0 unspecified atom stereocenters. The summed E-state index contributed by atoms with van der Waals surface area (Å²) in [6.45, 7) is 0. The van der Waals surface area contributed by atoms with Crippen LogP contribution in [-0.2, 0) is 0 Å². The molecule has 2 heterocycles. The largest absolute Gasteiger partial charge is 0.456 e. The van der Waals surface area contributed by atoms with Crippen LogP contribution in [0.4, 0.5) is 17.1 Å². The van der Waals surface area contributed by atoms with Crippen LogP contribution in [0.3, 0.4) is 0 Å². The first-order valence-corrected chi connectivity index (χ1v) is 25.0. The van der Waals surface area contributed by atoms with E-state index in [9.17, 15) is 0 Å². The number of hydrogen-bond donors (Lipinski definition) is 0. The molecule has 0 aliphatic rings. The van der Waals surface area contributed by atoms with Gasteiger partial charge in [0.2, 0.25) is 0 Å². The van der Waals surface area contributed by atoms with Crippen molar-refractivity contribution in [2.45, 2.75) is 0 Å². The maximum atomic E-state index is 6.26. The van der Waals surface area contributed by atoms with E-state index in [1.165, 1.54) is 60.4 Å². The maximum Gasteiger partial charge on any atom is 0.136 e. The minimum absolute atomic E-state index is 0.902. The van der Waals surface area contributed by atoms with Gasteiger partial charge in [-0.1, -0.05) is 188 Å². The summed E-state index contributed by atoms with van der Waals surface area (Å²) >= 11 is 0. The highest BCUT2D eigenvalue weighted by molar-refractivity contribution is 6.09. The summed E-state index contributed by atoms with van der Waals surface area (Å²) in [5.74, 6) is 0. The molecule has 0 saturated heterocycles. The van der Waals surface area contributed by atoms with E-state index in [4.69, 9.17) is 4.42 Å². The van der Waals surface area contributed by atoms with Crippen molar-refractivity contribution in [2.75, 3.05) is 4.90 Å². The maximum absolute atomic E-state index is 6.26. The first kappa shape index (κ1) is 42.2. The van der Waals surface area contributed by atoms with Gasteiger partial charge in [-0.3, -0.25) is 0 Å². The van der Waals surface area contributed by atoms with Crippen LogP contribution in [0.25, 0.3) is 116 Å². The van der Waals surface area contributed by atoms with Gasteiger partial charge in [-0.15, -0.1) is 0 Å². The summed E-state index contributed by atoms with van der Waals surface area (Å²) in [5.41, 5.74) is 20.3. The Morgan fingerprint density at radius 1 is 0.247 bits per heavy atom. The number of benzene rings is 12. The topological polar surface area (TPSA) is 21.3 Å². The van der Waals surface area contributed by atoms with Crippen molar-refractivity contribution in [3.8, 4) is 61.3 Å². The number of anilines is 3. The lowest BCUT2D eigenvalue weighted by atomic mass is 9.98. The lowest BCUT2D eigenvalue weighted by Gasteiger charge is -2.26. The Morgan fingerprint density at radius 2 is 0.658 bits per heavy atom. The number of furan rings is 1. The summed E-state index contributed by atoms with van der Waals surface area (Å²) in [6, 6.07) is 101. The van der Waals surface area contributed by atoms with Gasteiger partial charge < -0.3 is 13.9 Å². The molecule has 14 rings (SSSR count). The van der Waals surface area contributed by atoms with Crippen LogP contribution in [-0.4, -0.2) is 4.57 Å². The summed E-state index contributed by atoms with van der Waals surface area (Å²) in [4.78, 5) is 2.35. The zero-order valence-corrected chi connectivity index (χ0v) is 39.9. The summed E-state index contributed by atoms with van der Waals surface area (Å²) in [7, 11) is 0. The summed E-state index contributed by atoms with van der Waals surface area (Å²) < 4.78 is 8.64. The molecule has 0 bridgehead atoms. The fourth-order valence-corrected chi connectivity index (χ4v) is 10.9. The second-order valence-electron chi connectivity index (χ2n) is 18.9. The fourth-order valence-electron chi connectivity index (χ4n) is 10.9. The predicted molar refractivity (Wildman–Crippen MR) is 307 cm³/mol. The van der Waals surface area contributed by atoms with E-state index in [1.54, 1.807) is 0 Å². The molecule has 0 fully saturated rings. The van der Waals surface area contributed by atoms with E-state index in [1.807, 2.05) is 12.1 Å². The van der Waals surface area contributed by atoms with Gasteiger partial charge in [0.05, 0.1) is 11.0 Å². The quantitative estimate of drug-likeness (QED) is 0.144. The van der Waals surface area contributed by atoms with Crippen molar-refractivity contribution in [3.63, 3.8) is 0 Å². The standard InChI is InChI=1S/C70H46N2O/c1-2-12-53-44-57(28-27-47(53)11-1)52-33-40-61(41-34-52)71(60-38-31-51(32-39-60)54-13-9-14-55(43-54)58-35-42-66-65-19-5-8-22-69(65)73-70(66)46-58)59-36-29-49(30-37-59)48-23-25-50(26-24-48)56-15-10-16-62(45-56)72-67-20-6-3-17-63(67)64-18-4-7-21-68(64)72/h1-46H. The van der Waals surface area contributed by atoms with E-state index < -0.39 is 0 Å². The summed E-state index contributed by atoms with van der Waals surface area (Å²) in [5, 5.41) is 7.29. The van der Waals surface area contributed by atoms with Crippen molar-refractivity contribution in [3.05, 3.63) is 279 Å². The van der Waals surface area contributed by atoms with Crippen molar-refractivity contribution in [1.82, 2.24) is 4.57 Å². The first-order chi connectivity index (χ1) is 36.1. The van der Waals surface area contributed by atoms with Crippen LogP contribution in [0.1, 0.15) is 0 Å². The van der Waals surface area contributed by atoms with E-state index in [2.05, 4.69) is 276 Å². The molecule has 0 atom stereocenters. The highest BCUT2D eigenvalue weighted by atomic mass is 16.3. The Hall–Kier alpha value is -9.70. The molecule has 3 nitrogen and oxygen atoms in total. The Morgan fingerprint density at radius 3 is 1.27 bits per heavy atom. The number of fused-ring (bicyclic) bond motifs is 7. The highest BCUT2D eigenvalue weighted by Gasteiger charge is 2.16. The Bertz CT molecular complexity index is 4300. The third-order valence-corrected chi connectivity index (χ3v) is 14.6. The molecule has 0 aliphatic heterocycles. The van der Waals surface area contributed by atoms with E-state index in [-0.39, 0.29) is 0 Å². The molecule has 342 valence electrons. The molecule has 0 amide bonds. The number of para-hydroxylation sites is 3. The van der Waals surface area contributed by atoms with Gasteiger partial charge in [0, 0.05) is 44.3 Å². The van der Waals surface area contributed by atoms with Crippen molar-refractivity contribution in [2.24, 2.45) is 0 Å². The van der Waals surface area contributed by atoms with Crippen LogP contribution in [0.15, 0.2) is 283 Å². The number of nitrogens with zero attached hydrogens (tertiary/aromatic N) is 2. The minimum Gasteiger partial charge on any atom is -0.456 e. The van der Waals surface area contributed by atoms with Crippen molar-refractivity contribution < 1.29 is 4.42 Å². The van der Waals surface area contributed by atoms with E-state index >= 15 is 0 Å². The van der Waals surface area contributed by atoms with Gasteiger partial charge >= 0.3 is 0 Å². The van der Waals surface area contributed by atoms with Gasteiger partial charge in [-0.05, 0) is 157 Å². The van der Waals surface area contributed by atoms with Gasteiger partial charge in [0.25, 0.3) is 0 Å². The molecule has 0 spiro atoms. The molecule has 0 N–H and O–H groups in total. The Labute approximate surface area is 423 Å². The molecule has 73 heavy (non-hydrogen) atoms. The SMILES string of the molecule is c1cc(-c2ccc(N(c3ccc(-c4ccc(-c5cccc(-n6c7ccccc7c7ccccc76)c5)cc4)cc3)c3ccc(-c4ccc5ccccc5c4)cc3)cc2)cc(-c2ccc3c(c2)oc2ccccc23)c1. The average Bonchev–Trinajstić information content (AvgIpc) is 4.01. The van der Waals surface area contributed by atoms with Gasteiger partial charge in [0.1, 0.15) is 11.2 Å². The van der Waals surface area contributed by atoms with Gasteiger partial charge in [-0.25, -0.2) is 0 Å². The molecular weight excluding hydrogens is 885 g/mol. The molecule has 0 saturated carbocycles. The first-order valence-electron chi connectivity index (χ1n) is 25.0. The van der Waals surface area contributed by atoms with Crippen LogP contribution in [0, 0.1) is 0 Å². The molecular formula is C70H46N2O. The van der Waals surface area contributed by atoms with Crippen LogP contribution >= 0.6 is 0 Å². The van der Waals surface area contributed by atoms with Gasteiger partial charge in [-0.2, -0.15) is 0 Å². The lowest BCUT2D eigenvalue weighted by Crippen LogP contribution is -2.09. The predicted octanol–water partition coefficient (Wildman–Crippen LogP) is 19.6. The smallest absolute Gasteiger partial charge is 0.136 e. The molecule has 2 aromatic heterocycles. The molecule has 12 aromatic carbocycles. The van der Waals surface area contributed by atoms with Crippen LogP contribution in [0.5, 0.6) is 0 Å². The van der Waals surface area contributed by atoms with Crippen LogP contribution < -0.4 is 4.90 Å². The Kier molecular flexibility index (Phi) is 10.2. The minimum atomic E-state index is 0.902.